The van der Waals surface area contributed by atoms with Gasteiger partial charge in [0.25, 0.3) is 0 Å². The van der Waals surface area contributed by atoms with E-state index in [4.69, 9.17) is 10.5 Å². The summed E-state index contributed by atoms with van der Waals surface area (Å²) in [5.74, 6) is -0.971. The van der Waals surface area contributed by atoms with Gasteiger partial charge in [0.15, 0.2) is 0 Å². The van der Waals surface area contributed by atoms with Gasteiger partial charge < -0.3 is 25.4 Å². The zero-order valence-electron chi connectivity index (χ0n) is 11.1. The van der Waals surface area contributed by atoms with Crippen LogP contribution in [0.15, 0.2) is 0 Å². The van der Waals surface area contributed by atoms with E-state index in [9.17, 15) is 14.7 Å². The van der Waals surface area contributed by atoms with E-state index in [-0.39, 0.29) is 18.2 Å². The molecule has 2 aliphatic rings. The second-order valence-corrected chi connectivity index (χ2v) is 5.21. The van der Waals surface area contributed by atoms with E-state index in [0.717, 1.165) is 12.8 Å². The Kier molecular flexibility index (Phi) is 4.26. The predicted octanol–water partition coefficient (Wildman–Crippen LogP) is -0.297. The lowest BCUT2D eigenvalue weighted by atomic mass is 10.1. The van der Waals surface area contributed by atoms with Crippen LogP contribution in [-0.4, -0.2) is 71.8 Å². The number of carbonyl (C=O) groups excluding carboxylic acids is 1. The number of ether oxygens (including phenoxy) is 1. The van der Waals surface area contributed by atoms with E-state index in [1.165, 1.54) is 12.0 Å². The van der Waals surface area contributed by atoms with Gasteiger partial charge in [-0.1, -0.05) is 0 Å². The highest BCUT2D eigenvalue weighted by atomic mass is 16.5. The number of nitrogens with two attached hydrogens (primary N) is 1. The van der Waals surface area contributed by atoms with Gasteiger partial charge in [-0.05, 0) is 12.8 Å². The van der Waals surface area contributed by atoms with Crippen molar-refractivity contribution < 1.29 is 19.4 Å². The van der Waals surface area contributed by atoms with E-state index in [1.807, 2.05) is 0 Å². The third kappa shape index (κ3) is 2.98. The number of aliphatic carboxylic acids is 1. The molecule has 2 heterocycles. The molecule has 0 aromatic heterocycles. The summed E-state index contributed by atoms with van der Waals surface area (Å²) in [4.78, 5) is 26.7. The number of carboxylic acid groups (broad SMARTS) is 1. The van der Waals surface area contributed by atoms with E-state index in [0.29, 0.717) is 26.1 Å². The highest BCUT2D eigenvalue weighted by Crippen LogP contribution is 2.23. The minimum absolute atomic E-state index is 0.143. The van der Waals surface area contributed by atoms with E-state index in [1.54, 1.807) is 4.90 Å². The van der Waals surface area contributed by atoms with Crippen LogP contribution in [0.3, 0.4) is 0 Å². The van der Waals surface area contributed by atoms with Crippen molar-refractivity contribution in [3.05, 3.63) is 0 Å². The van der Waals surface area contributed by atoms with Gasteiger partial charge in [0.05, 0.1) is 6.10 Å². The number of amides is 2. The number of rotatable bonds is 2. The van der Waals surface area contributed by atoms with Crippen molar-refractivity contribution in [1.82, 2.24) is 9.80 Å². The molecule has 2 aliphatic heterocycles. The average molecular weight is 271 g/mol. The molecule has 0 aromatic rings. The normalized spacial score (nSPS) is 28.7. The number of methoxy groups -OCH3 is 1. The van der Waals surface area contributed by atoms with Crippen LogP contribution >= 0.6 is 0 Å². The topological polar surface area (TPSA) is 96.1 Å². The molecule has 2 rings (SSSR count). The van der Waals surface area contributed by atoms with Crippen molar-refractivity contribution in [2.24, 2.45) is 5.73 Å². The number of nitrogens with zero attached hydrogens (tertiary/aromatic N) is 2. The first-order valence-electron chi connectivity index (χ1n) is 6.59. The summed E-state index contributed by atoms with van der Waals surface area (Å²) in [5, 5.41) is 9.20. The number of carboxylic acids is 1. The zero-order valence-corrected chi connectivity index (χ0v) is 11.1. The molecule has 2 unspecified atom stereocenters. The number of carbonyl (C=O) groups is 2. The Morgan fingerprint density at radius 3 is 2.47 bits per heavy atom. The van der Waals surface area contributed by atoms with Gasteiger partial charge in [-0.15, -0.1) is 0 Å². The number of urea groups is 1. The fourth-order valence-corrected chi connectivity index (χ4v) is 2.69. The van der Waals surface area contributed by atoms with Crippen LogP contribution in [-0.2, 0) is 9.53 Å². The van der Waals surface area contributed by atoms with Crippen LogP contribution in [0, 0.1) is 0 Å². The highest BCUT2D eigenvalue weighted by molar-refractivity contribution is 5.83. The van der Waals surface area contributed by atoms with Gasteiger partial charge in [0.1, 0.15) is 6.04 Å². The molecule has 0 saturated carbocycles. The first-order chi connectivity index (χ1) is 9.02. The standard InChI is InChI=1S/C12H21N3O4/c1-19-9-6-10(11(16)17)15(7-9)12(18)14-4-2-8(13)3-5-14/h8-10H,2-7,13H2,1H3,(H,16,17). The monoisotopic (exact) mass is 271 g/mol. The van der Waals surface area contributed by atoms with Crippen LogP contribution in [0.4, 0.5) is 4.79 Å². The molecule has 7 nitrogen and oxygen atoms in total. The van der Waals surface area contributed by atoms with E-state index < -0.39 is 12.0 Å². The maximum absolute atomic E-state index is 12.4. The molecule has 0 spiro atoms. The fraction of sp³-hybridized carbons (Fsp3) is 0.833. The van der Waals surface area contributed by atoms with E-state index >= 15 is 0 Å². The molecule has 7 heteroatoms. The largest absolute Gasteiger partial charge is 0.480 e. The van der Waals surface area contributed by atoms with Crippen molar-refractivity contribution >= 4 is 12.0 Å². The highest BCUT2D eigenvalue weighted by Gasteiger charge is 2.41. The Balaban J connectivity index is 2.02. The molecule has 2 saturated heterocycles. The van der Waals surface area contributed by atoms with Gasteiger partial charge in [-0.25, -0.2) is 9.59 Å². The third-order valence-electron chi connectivity index (χ3n) is 3.94. The quantitative estimate of drug-likeness (QED) is 0.719. The van der Waals surface area contributed by atoms with Gasteiger partial charge in [-0.2, -0.15) is 0 Å². The van der Waals surface area contributed by atoms with Crippen LogP contribution in [0.1, 0.15) is 19.3 Å². The molecule has 108 valence electrons. The van der Waals surface area contributed by atoms with Gasteiger partial charge in [0.2, 0.25) is 0 Å². The van der Waals surface area contributed by atoms with Crippen LogP contribution in [0.25, 0.3) is 0 Å². The predicted molar refractivity (Wildman–Crippen MR) is 67.7 cm³/mol. The Labute approximate surface area is 112 Å². The Morgan fingerprint density at radius 1 is 1.32 bits per heavy atom. The number of likely N-dealkylation sites (tertiary alicyclic amines) is 2. The minimum atomic E-state index is -0.971. The molecule has 2 atom stereocenters. The molecular weight excluding hydrogens is 250 g/mol. The molecule has 0 aromatic carbocycles. The number of hydrogen-bond donors (Lipinski definition) is 2. The second kappa shape index (κ2) is 5.75. The van der Waals surface area contributed by atoms with Gasteiger partial charge in [0, 0.05) is 39.2 Å². The molecule has 3 N–H and O–H groups in total. The van der Waals surface area contributed by atoms with Crippen molar-refractivity contribution in [3.8, 4) is 0 Å². The lowest BCUT2D eigenvalue weighted by Gasteiger charge is -2.34. The SMILES string of the molecule is COC1CC(C(=O)O)N(C(=O)N2CCC(N)CC2)C1. The van der Waals surface area contributed by atoms with Crippen molar-refractivity contribution in [2.75, 3.05) is 26.7 Å². The van der Waals surface area contributed by atoms with Crippen molar-refractivity contribution in [3.63, 3.8) is 0 Å². The molecule has 0 radical (unpaired) electrons. The summed E-state index contributed by atoms with van der Waals surface area (Å²) in [5.41, 5.74) is 5.80. The Bertz CT molecular complexity index is 355. The molecule has 19 heavy (non-hydrogen) atoms. The summed E-state index contributed by atoms with van der Waals surface area (Å²) < 4.78 is 5.18. The van der Waals surface area contributed by atoms with Crippen molar-refractivity contribution in [1.29, 1.82) is 0 Å². The van der Waals surface area contributed by atoms with Crippen LogP contribution in [0.2, 0.25) is 0 Å². The Morgan fingerprint density at radius 2 is 1.95 bits per heavy atom. The smallest absolute Gasteiger partial charge is 0.326 e. The number of hydrogen-bond acceptors (Lipinski definition) is 4. The fourth-order valence-electron chi connectivity index (χ4n) is 2.69. The van der Waals surface area contributed by atoms with Gasteiger partial charge in [-0.3, -0.25) is 0 Å². The maximum atomic E-state index is 12.4. The van der Waals surface area contributed by atoms with Crippen molar-refractivity contribution in [2.45, 2.75) is 37.5 Å². The molecule has 2 fully saturated rings. The maximum Gasteiger partial charge on any atom is 0.326 e. The molecule has 0 bridgehead atoms. The lowest BCUT2D eigenvalue weighted by molar-refractivity contribution is -0.141. The summed E-state index contributed by atoms with van der Waals surface area (Å²) in [6.07, 6.45) is 1.69. The van der Waals surface area contributed by atoms with Crippen LogP contribution in [0.5, 0.6) is 0 Å². The summed E-state index contributed by atoms with van der Waals surface area (Å²) in [7, 11) is 1.54. The summed E-state index contributed by atoms with van der Waals surface area (Å²) >= 11 is 0. The van der Waals surface area contributed by atoms with Crippen LogP contribution < -0.4 is 5.73 Å². The zero-order chi connectivity index (χ0) is 14.0. The Hall–Kier alpha value is -1.34. The average Bonchev–Trinajstić information content (AvgIpc) is 2.83. The number of piperidine rings is 1. The molecule has 2 amide bonds. The molecule has 0 aliphatic carbocycles. The first-order valence-corrected chi connectivity index (χ1v) is 6.59. The summed E-state index contributed by atoms with van der Waals surface area (Å²) in [6, 6.07) is -0.850. The van der Waals surface area contributed by atoms with E-state index in [2.05, 4.69) is 0 Å². The third-order valence-corrected chi connectivity index (χ3v) is 3.94. The first kappa shape index (κ1) is 14.1. The second-order valence-electron chi connectivity index (χ2n) is 5.21. The minimum Gasteiger partial charge on any atom is -0.480 e. The lowest BCUT2D eigenvalue weighted by Crippen LogP contribution is -2.51. The van der Waals surface area contributed by atoms with Gasteiger partial charge >= 0.3 is 12.0 Å². The molecular formula is C12H21N3O4. The summed E-state index contributed by atoms with van der Waals surface area (Å²) in [6.45, 7) is 1.54.